The van der Waals surface area contributed by atoms with Crippen molar-refractivity contribution in [2.45, 2.75) is 72.9 Å². The Morgan fingerprint density at radius 1 is 1.22 bits per heavy atom. The lowest BCUT2D eigenvalue weighted by molar-refractivity contribution is -0.0941. The van der Waals surface area contributed by atoms with Crippen molar-refractivity contribution in [3.8, 4) is 0 Å². The Morgan fingerprint density at radius 3 is 2.63 bits per heavy atom. The average Bonchev–Trinajstić information content (AvgIpc) is 2.62. The number of rotatable bonds is 12. The summed E-state index contributed by atoms with van der Waals surface area (Å²) in [6, 6.07) is 11.8. The quantitative estimate of drug-likeness (QED) is 0.256. The van der Waals surface area contributed by atoms with Gasteiger partial charge in [0.15, 0.2) is 0 Å². The molecule has 1 heterocycles. The molecule has 3 nitrogen and oxygen atoms in total. The Kier molecular flexibility index (Phi) is 10.3. The zero-order valence-electron chi connectivity index (χ0n) is 17.1. The normalized spacial score (nSPS) is 21.9. The van der Waals surface area contributed by atoms with Gasteiger partial charge in [0.25, 0.3) is 0 Å². The van der Waals surface area contributed by atoms with Gasteiger partial charge in [-0.05, 0) is 49.6 Å². The van der Waals surface area contributed by atoms with Crippen molar-refractivity contribution in [2.75, 3.05) is 25.8 Å². The van der Waals surface area contributed by atoms with Crippen LogP contribution in [0.4, 0.5) is 0 Å². The van der Waals surface area contributed by atoms with E-state index in [1.54, 1.807) is 0 Å². The van der Waals surface area contributed by atoms with Gasteiger partial charge in [-0.1, -0.05) is 44.3 Å². The molecule has 154 valence electrons. The van der Waals surface area contributed by atoms with E-state index < -0.39 is 8.07 Å². The summed E-state index contributed by atoms with van der Waals surface area (Å²) < 4.78 is 12.0. The monoisotopic (exact) mass is 428 g/mol. The highest BCUT2D eigenvalue weighted by atomic mass is 32.2. The maximum atomic E-state index is 9.52. The van der Waals surface area contributed by atoms with Crippen LogP contribution in [0.2, 0.25) is 25.7 Å². The first-order valence-electron chi connectivity index (χ1n) is 10.1. The van der Waals surface area contributed by atoms with Crippen LogP contribution >= 0.6 is 23.5 Å². The van der Waals surface area contributed by atoms with Gasteiger partial charge in [0.2, 0.25) is 0 Å². The summed E-state index contributed by atoms with van der Waals surface area (Å²) in [5.74, 6) is 1.21. The number of aliphatic hydroxyl groups is 1. The van der Waals surface area contributed by atoms with Crippen molar-refractivity contribution in [2.24, 2.45) is 0 Å². The number of benzene rings is 1. The number of hydrogen-bond acceptors (Lipinski definition) is 5. The molecule has 0 amide bonds. The molecule has 1 aliphatic rings. The number of ether oxygens (including phenoxy) is 2. The molecule has 0 bridgehead atoms. The molecule has 0 aliphatic carbocycles. The third-order valence-electron chi connectivity index (χ3n) is 4.74. The Hall–Kier alpha value is 0.0169. The predicted molar refractivity (Wildman–Crippen MR) is 122 cm³/mol. The largest absolute Gasteiger partial charge is 0.396 e. The van der Waals surface area contributed by atoms with Gasteiger partial charge < -0.3 is 14.6 Å². The second-order valence-corrected chi connectivity index (χ2v) is 17.3. The van der Waals surface area contributed by atoms with E-state index >= 15 is 0 Å². The third-order valence-corrected chi connectivity index (χ3v) is 9.69. The standard InChI is InChI=1S/C21H36O3S2Si/c1-27(2,3)16-14-23-18-24-19(11-13-22)17-21(12-7-8-15-25-21)26-20-9-5-4-6-10-20/h4-6,9-10,19,22H,7-8,11-18H2,1-3H3/t19-,21-/m0/s1. The fraction of sp³-hybridized carbons (Fsp3) is 0.714. The summed E-state index contributed by atoms with van der Waals surface area (Å²) in [7, 11) is -1.07. The molecular weight excluding hydrogens is 392 g/mol. The lowest BCUT2D eigenvalue weighted by Gasteiger charge is -2.38. The van der Waals surface area contributed by atoms with Gasteiger partial charge in [0, 0.05) is 26.2 Å². The first kappa shape index (κ1) is 23.3. The molecular formula is C21H36O3S2Si. The van der Waals surface area contributed by atoms with E-state index in [1.807, 2.05) is 11.8 Å². The van der Waals surface area contributed by atoms with Crippen molar-refractivity contribution in [3.63, 3.8) is 0 Å². The lowest BCUT2D eigenvalue weighted by Crippen LogP contribution is -2.32. The molecule has 1 N–H and O–H groups in total. The van der Waals surface area contributed by atoms with Crippen molar-refractivity contribution in [3.05, 3.63) is 30.3 Å². The predicted octanol–water partition coefficient (Wildman–Crippen LogP) is 5.86. The van der Waals surface area contributed by atoms with Gasteiger partial charge in [-0.15, -0.1) is 23.5 Å². The van der Waals surface area contributed by atoms with Gasteiger partial charge in [-0.3, -0.25) is 0 Å². The molecule has 1 aliphatic heterocycles. The smallest absolute Gasteiger partial charge is 0.147 e. The Labute approximate surface area is 175 Å². The topological polar surface area (TPSA) is 38.7 Å². The molecule has 0 spiro atoms. The van der Waals surface area contributed by atoms with Crippen LogP contribution in [0, 0.1) is 0 Å². The highest BCUT2D eigenvalue weighted by molar-refractivity contribution is 8.18. The van der Waals surface area contributed by atoms with Gasteiger partial charge in [0.05, 0.1) is 10.2 Å². The highest BCUT2D eigenvalue weighted by Crippen LogP contribution is 2.51. The highest BCUT2D eigenvalue weighted by Gasteiger charge is 2.36. The molecule has 1 aromatic carbocycles. The molecule has 0 radical (unpaired) electrons. The fourth-order valence-corrected chi connectivity index (χ4v) is 7.21. The maximum absolute atomic E-state index is 9.52. The molecule has 2 atom stereocenters. The second-order valence-electron chi connectivity index (χ2n) is 8.47. The summed E-state index contributed by atoms with van der Waals surface area (Å²) in [4.78, 5) is 1.32. The van der Waals surface area contributed by atoms with E-state index in [9.17, 15) is 5.11 Å². The maximum Gasteiger partial charge on any atom is 0.147 e. The lowest BCUT2D eigenvalue weighted by atomic mass is 10.1. The minimum Gasteiger partial charge on any atom is -0.396 e. The first-order valence-corrected chi connectivity index (χ1v) is 15.6. The van der Waals surface area contributed by atoms with Gasteiger partial charge in [0.1, 0.15) is 6.79 Å². The SMILES string of the molecule is C[Si](C)(C)CCOCO[C@@H](CCO)C[C@@]1(Sc2ccccc2)CCCCS1. The van der Waals surface area contributed by atoms with Gasteiger partial charge in [-0.2, -0.15) is 0 Å². The Balaban J connectivity index is 1.90. The van der Waals surface area contributed by atoms with E-state index in [2.05, 4.69) is 61.7 Å². The van der Waals surface area contributed by atoms with Crippen LogP contribution in [0.5, 0.6) is 0 Å². The fourth-order valence-electron chi connectivity index (χ4n) is 3.13. The summed E-state index contributed by atoms with van der Waals surface area (Å²) in [5.41, 5.74) is 0. The Bertz CT molecular complexity index is 516. The zero-order chi connectivity index (χ0) is 19.6. The van der Waals surface area contributed by atoms with E-state index in [1.165, 1.54) is 29.9 Å². The van der Waals surface area contributed by atoms with E-state index in [0.717, 1.165) is 19.1 Å². The van der Waals surface area contributed by atoms with E-state index in [0.29, 0.717) is 13.2 Å². The van der Waals surface area contributed by atoms with E-state index in [4.69, 9.17) is 9.47 Å². The van der Waals surface area contributed by atoms with Crippen LogP contribution in [-0.2, 0) is 9.47 Å². The van der Waals surface area contributed by atoms with Crippen LogP contribution in [-0.4, -0.2) is 49.1 Å². The van der Waals surface area contributed by atoms with Crippen molar-refractivity contribution in [1.82, 2.24) is 0 Å². The van der Waals surface area contributed by atoms with Crippen LogP contribution in [0.15, 0.2) is 35.2 Å². The molecule has 0 saturated carbocycles. The van der Waals surface area contributed by atoms with Crippen molar-refractivity contribution in [1.29, 1.82) is 0 Å². The summed E-state index contributed by atoms with van der Waals surface area (Å²) in [6.07, 6.45) is 5.44. The molecule has 27 heavy (non-hydrogen) atoms. The average molecular weight is 429 g/mol. The third kappa shape index (κ3) is 9.37. The minimum atomic E-state index is -1.07. The molecule has 1 saturated heterocycles. The first-order chi connectivity index (χ1) is 12.9. The van der Waals surface area contributed by atoms with Crippen molar-refractivity contribution < 1.29 is 14.6 Å². The summed E-state index contributed by atoms with van der Waals surface area (Å²) in [5, 5.41) is 9.52. The Morgan fingerprint density at radius 2 is 2.00 bits per heavy atom. The second kappa shape index (κ2) is 11.9. The minimum absolute atomic E-state index is 0.0451. The van der Waals surface area contributed by atoms with Crippen molar-refractivity contribution >= 4 is 31.6 Å². The van der Waals surface area contributed by atoms with Crippen LogP contribution in [0.3, 0.4) is 0 Å². The molecule has 1 aromatic rings. The molecule has 0 aromatic heterocycles. The van der Waals surface area contributed by atoms with Gasteiger partial charge in [-0.25, -0.2) is 0 Å². The van der Waals surface area contributed by atoms with E-state index in [-0.39, 0.29) is 16.8 Å². The molecule has 1 fully saturated rings. The van der Waals surface area contributed by atoms with Crippen LogP contribution in [0.25, 0.3) is 0 Å². The number of thioether (sulfide) groups is 2. The summed E-state index contributed by atoms with van der Waals surface area (Å²) >= 11 is 4.05. The number of aliphatic hydroxyl groups excluding tert-OH is 1. The van der Waals surface area contributed by atoms with Crippen LogP contribution < -0.4 is 0 Å². The number of hydrogen-bond donors (Lipinski definition) is 1. The van der Waals surface area contributed by atoms with Crippen LogP contribution in [0.1, 0.15) is 32.1 Å². The molecule has 6 heteroatoms. The van der Waals surface area contributed by atoms with Gasteiger partial charge >= 0.3 is 0 Å². The zero-order valence-corrected chi connectivity index (χ0v) is 19.7. The summed E-state index contributed by atoms with van der Waals surface area (Å²) in [6.45, 7) is 8.35. The molecule has 0 unspecified atom stereocenters. The molecule has 2 rings (SSSR count).